The van der Waals surface area contributed by atoms with Crippen LogP contribution in [0.2, 0.25) is 20.1 Å². The summed E-state index contributed by atoms with van der Waals surface area (Å²) in [5, 5.41) is 1.68. The Morgan fingerprint density at radius 3 is 1.12 bits per heavy atom. The SMILES string of the molecule is COP(=S)(OC)Oc1cc(Cl)c(Br)cc1Cl.COP(=S)(OC)Oc1cc(Cl)c(Br)cc1Cl. The summed E-state index contributed by atoms with van der Waals surface area (Å²) in [5.41, 5.74) is 0. The van der Waals surface area contributed by atoms with E-state index in [9.17, 15) is 0 Å². The van der Waals surface area contributed by atoms with Crippen molar-refractivity contribution < 1.29 is 27.1 Å². The zero-order valence-corrected chi connectivity index (χ0v) is 26.4. The molecule has 0 aliphatic rings. The van der Waals surface area contributed by atoms with Gasteiger partial charge in [-0.1, -0.05) is 46.4 Å². The van der Waals surface area contributed by atoms with Crippen molar-refractivity contribution in [3.05, 3.63) is 53.3 Å². The summed E-state index contributed by atoms with van der Waals surface area (Å²) >= 11 is 40.4. The molecule has 0 aliphatic heterocycles. The molecule has 0 bridgehead atoms. The minimum Gasteiger partial charge on any atom is -0.422 e. The molecule has 2 aromatic rings. The van der Waals surface area contributed by atoms with Gasteiger partial charge in [-0.3, -0.25) is 0 Å². The molecule has 2 aromatic carbocycles. The van der Waals surface area contributed by atoms with Crippen LogP contribution in [-0.4, -0.2) is 28.4 Å². The van der Waals surface area contributed by atoms with E-state index in [1.165, 1.54) is 28.4 Å². The zero-order valence-electron chi connectivity index (χ0n) is 16.7. The Bertz CT molecular complexity index is 953. The third kappa shape index (κ3) is 9.40. The Morgan fingerprint density at radius 1 is 0.594 bits per heavy atom. The normalized spacial score (nSPS) is 11.6. The molecule has 0 saturated carbocycles. The third-order valence-electron chi connectivity index (χ3n) is 3.26. The van der Waals surface area contributed by atoms with Crippen molar-refractivity contribution in [1.82, 2.24) is 0 Å². The maximum atomic E-state index is 5.97. The molecular weight excluding hydrogens is 716 g/mol. The summed E-state index contributed by atoms with van der Waals surface area (Å²) in [5.74, 6) is 0.670. The van der Waals surface area contributed by atoms with Crippen molar-refractivity contribution in [3.63, 3.8) is 0 Å². The number of hydrogen-bond acceptors (Lipinski definition) is 8. The lowest BCUT2D eigenvalue weighted by Crippen LogP contribution is -1.97. The van der Waals surface area contributed by atoms with E-state index >= 15 is 0 Å². The summed E-state index contributed by atoms with van der Waals surface area (Å²) in [6.07, 6.45) is 0. The van der Waals surface area contributed by atoms with Gasteiger partial charge < -0.3 is 27.1 Å². The van der Waals surface area contributed by atoms with Crippen LogP contribution in [0.25, 0.3) is 0 Å². The summed E-state index contributed by atoms with van der Waals surface area (Å²) in [6, 6.07) is 6.33. The maximum Gasteiger partial charge on any atom is 0.380 e. The largest absolute Gasteiger partial charge is 0.422 e. The fraction of sp³-hybridized carbons (Fsp3) is 0.250. The predicted molar refractivity (Wildman–Crippen MR) is 146 cm³/mol. The number of benzene rings is 2. The quantitative estimate of drug-likeness (QED) is 0.197. The predicted octanol–water partition coefficient (Wildman–Crippen LogP) is 9.30. The van der Waals surface area contributed by atoms with Gasteiger partial charge in [0.1, 0.15) is 11.5 Å². The molecule has 0 heterocycles. The highest BCUT2D eigenvalue weighted by atomic mass is 79.9. The highest BCUT2D eigenvalue weighted by Gasteiger charge is 2.22. The van der Waals surface area contributed by atoms with E-state index in [-0.39, 0.29) is 0 Å². The van der Waals surface area contributed by atoms with Gasteiger partial charge in [0.05, 0.1) is 20.1 Å². The monoisotopic (exact) mass is 728 g/mol. The van der Waals surface area contributed by atoms with Crippen molar-refractivity contribution in [3.8, 4) is 11.5 Å². The van der Waals surface area contributed by atoms with Crippen molar-refractivity contribution >= 4 is 115 Å². The van der Waals surface area contributed by atoms with Crippen molar-refractivity contribution in [2.45, 2.75) is 0 Å². The van der Waals surface area contributed by atoms with Gasteiger partial charge in [-0.15, -0.1) is 0 Å². The Labute approximate surface area is 233 Å². The average molecular weight is 732 g/mol. The molecule has 0 amide bonds. The van der Waals surface area contributed by atoms with Gasteiger partial charge in [-0.05, 0) is 44.0 Å². The third-order valence-corrected chi connectivity index (χ3v) is 11.1. The molecule has 0 fully saturated rings. The van der Waals surface area contributed by atoms with Crippen LogP contribution in [0.15, 0.2) is 33.2 Å². The van der Waals surface area contributed by atoms with Crippen LogP contribution in [0.4, 0.5) is 0 Å². The van der Waals surface area contributed by atoms with Gasteiger partial charge in [-0.2, -0.15) is 0 Å². The molecule has 0 atom stereocenters. The van der Waals surface area contributed by atoms with Gasteiger partial charge >= 0.3 is 13.4 Å². The lowest BCUT2D eigenvalue weighted by molar-refractivity contribution is 0.272. The summed E-state index contributed by atoms with van der Waals surface area (Å²) in [6.45, 7) is -5.58. The molecular formula is C16H16Br2Cl4O6P2S2. The van der Waals surface area contributed by atoms with Crippen LogP contribution in [0.3, 0.4) is 0 Å². The highest BCUT2D eigenvalue weighted by molar-refractivity contribution is 9.10. The molecule has 32 heavy (non-hydrogen) atoms. The molecule has 6 nitrogen and oxygen atoms in total. The smallest absolute Gasteiger partial charge is 0.380 e. The first-order chi connectivity index (χ1) is 14.8. The molecule has 0 radical (unpaired) electrons. The van der Waals surface area contributed by atoms with E-state index in [1.54, 1.807) is 24.3 Å². The molecule has 180 valence electrons. The standard InChI is InChI=1S/2C8H8BrCl2O3PS/c2*1-12-15(16,13-2)14-8-4-6(10)5(9)3-7(8)11/h2*3-4H,1-2H3. The fourth-order valence-electron chi connectivity index (χ4n) is 1.69. The first-order valence-corrected chi connectivity index (χ1v) is 16.2. The van der Waals surface area contributed by atoms with Crippen LogP contribution in [0.5, 0.6) is 11.5 Å². The summed E-state index contributed by atoms with van der Waals surface area (Å²) in [4.78, 5) is 0. The summed E-state index contributed by atoms with van der Waals surface area (Å²) < 4.78 is 32.1. The van der Waals surface area contributed by atoms with E-state index in [1.807, 2.05) is 0 Å². The first-order valence-electron chi connectivity index (χ1n) is 7.95. The van der Waals surface area contributed by atoms with E-state index < -0.39 is 13.4 Å². The molecule has 0 unspecified atom stereocenters. The molecule has 0 N–H and O–H groups in total. The minimum atomic E-state index is -2.79. The van der Waals surface area contributed by atoms with Crippen LogP contribution in [0, 0.1) is 0 Å². The van der Waals surface area contributed by atoms with E-state index in [4.69, 9.17) is 97.2 Å². The van der Waals surface area contributed by atoms with E-state index in [0.29, 0.717) is 40.5 Å². The Hall–Kier alpha value is 1.30. The average Bonchev–Trinajstić information content (AvgIpc) is 2.76. The van der Waals surface area contributed by atoms with Crippen molar-refractivity contribution in [2.24, 2.45) is 0 Å². The molecule has 0 aliphatic carbocycles. The molecule has 0 saturated heterocycles. The van der Waals surface area contributed by atoms with Crippen LogP contribution in [0.1, 0.15) is 0 Å². The molecule has 0 aromatic heterocycles. The van der Waals surface area contributed by atoms with E-state index in [0.717, 1.165) is 0 Å². The van der Waals surface area contributed by atoms with Crippen LogP contribution < -0.4 is 9.05 Å². The van der Waals surface area contributed by atoms with Gasteiger partial charge in [0.2, 0.25) is 0 Å². The lowest BCUT2D eigenvalue weighted by Gasteiger charge is -2.19. The Balaban J connectivity index is 0.000000320. The topological polar surface area (TPSA) is 55.4 Å². The Morgan fingerprint density at radius 2 is 0.875 bits per heavy atom. The molecule has 2 rings (SSSR count). The maximum absolute atomic E-state index is 5.97. The van der Waals surface area contributed by atoms with Gasteiger partial charge in [0.25, 0.3) is 0 Å². The second-order valence-electron chi connectivity index (χ2n) is 5.20. The minimum absolute atomic E-state index is 0.335. The molecule has 0 spiro atoms. The highest BCUT2D eigenvalue weighted by Crippen LogP contribution is 2.51. The molecule has 16 heteroatoms. The van der Waals surface area contributed by atoms with Crippen LogP contribution in [-0.2, 0) is 41.7 Å². The van der Waals surface area contributed by atoms with E-state index in [2.05, 4.69) is 31.9 Å². The number of rotatable bonds is 8. The Kier molecular flexibility index (Phi) is 13.8. The summed E-state index contributed by atoms with van der Waals surface area (Å²) in [7, 11) is 5.66. The first kappa shape index (κ1) is 31.3. The van der Waals surface area contributed by atoms with Gasteiger partial charge in [0.15, 0.2) is 0 Å². The lowest BCUT2D eigenvalue weighted by atomic mass is 10.3. The van der Waals surface area contributed by atoms with Crippen LogP contribution >= 0.6 is 91.7 Å². The van der Waals surface area contributed by atoms with Gasteiger partial charge in [0, 0.05) is 73.1 Å². The second-order valence-corrected chi connectivity index (χ2v) is 14.8. The van der Waals surface area contributed by atoms with Crippen molar-refractivity contribution in [1.29, 1.82) is 0 Å². The second kappa shape index (κ2) is 14.1. The number of hydrogen-bond donors (Lipinski definition) is 0. The van der Waals surface area contributed by atoms with Gasteiger partial charge in [-0.25, -0.2) is 0 Å². The van der Waals surface area contributed by atoms with Crippen molar-refractivity contribution in [2.75, 3.05) is 28.4 Å². The number of halogens is 6. The zero-order chi connectivity index (χ0) is 24.7. The fourth-order valence-corrected chi connectivity index (χ4v) is 5.32.